The predicted molar refractivity (Wildman–Crippen MR) is 203 cm³/mol. The van der Waals surface area contributed by atoms with Gasteiger partial charge in [0.1, 0.15) is 11.5 Å². The van der Waals surface area contributed by atoms with Crippen LogP contribution in [-0.2, 0) is 0 Å². The second kappa shape index (κ2) is 26.0. The molecule has 1 aromatic carbocycles. The highest BCUT2D eigenvalue weighted by Crippen LogP contribution is 2.38. The van der Waals surface area contributed by atoms with Crippen molar-refractivity contribution >= 4 is 28.6 Å². The lowest BCUT2D eigenvalue weighted by Crippen LogP contribution is -2.05. The van der Waals surface area contributed by atoms with Crippen molar-refractivity contribution in [3.8, 4) is 23.6 Å². The van der Waals surface area contributed by atoms with Crippen LogP contribution in [0.3, 0.4) is 0 Å². The molecule has 0 N–H and O–H groups in total. The third-order valence-corrected chi connectivity index (χ3v) is 9.70. The van der Waals surface area contributed by atoms with Crippen molar-refractivity contribution in [3.63, 3.8) is 0 Å². The molecule has 0 aliphatic carbocycles. The molecule has 0 aliphatic heterocycles. The minimum atomic E-state index is 0.541. The summed E-state index contributed by atoms with van der Waals surface area (Å²) in [6.45, 7) is 9.64. The number of rotatable bonds is 27. The first-order valence-corrected chi connectivity index (χ1v) is 19.6. The Kier molecular flexibility index (Phi) is 22.2. The number of hydrogen-bond donors (Lipinski definition) is 0. The van der Waals surface area contributed by atoms with Gasteiger partial charge in [0, 0.05) is 20.9 Å². The molecule has 0 spiro atoms. The van der Waals surface area contributed by atoms with Gasteiger partial charge in [-0.1, -0.05) is 135 Å². The Morgan fingerprint density at radius 3 is 1.38 bits per heavy atom. The summed E-state index contributed by atoms with van der Waals surface area (Å²) < 4.78 is 12.8. The molecule has 0 aliphatic rings. The van der Waals surface area contributed by atoms with E-state index >= 15 is 0 Å². The predicted octanol–water partition coefficient (Wildman–Crippen LogP) is 13.6. The second-order valence-corrected chi connectivity index (χ2v) is 14.2. The fraction of sp³-hybridized carbons (Fsp3) is 0.619. The van der Waals surface area contributed by atoms with E-state index in [1.165, 1.54) is 108 Å². The largest absolute Gasteiger partial charge is 0.493 e. The summed E-state index contributed by atoms with van der Waals surface area (Å²) in [5, 5.41) is 20.3. The third-order valence-electron chi connectivity index (χ3n) is 8.75. The molecule has 0 atom stereocenters. The Labute approximate surface area is 291 Å². The Hall–Kier alpha value is -3.02. The summed E-state index contributed by atoms with van der Waals surface area (Å²) in [7, 11) is 0. The van der Waals surface area contributed by atoms with Crippen molar-refractivity contribution in [1.29, 1.82) is 10.5 Å². The summed E-state index contributed by atoms with van der Waals surface area (Å²) in [5.74, 6) is 1.28. The topological polar surface area (TPSA) is 66.0 Å². The van der Waals surface area contributed by atoms with E-state index in [0.29, 0.717) is 35.9 Å². The van der Waals surface area contributed by atoms with E-state index in [-0.39, 0.29) is 0 Å². The number of hydrogen-bond acceptors (Lipinski definition) is 5. The highest BCUT2D eigenvalue weighted by atomic mass is 32.1. The van der Waals surface area contributed by atoms with Crippen LogP contribution in [-0.4, -0.2) is 13.2 Å². The first-order valence-electron chi connectivity index (χ1n) is 18.8. The number of allylic oxidation sites excluding steroid dienone is 3. The minimum Gasteiger partial charge on any atom is -0.493 e. The SMILES string of the molecule is C/C=C(\C#N)c1cc(OCCCCCCCCCCCC)c(/C(C#N)=C/c2ccc(C)s2)cc1OCCCCCCCCCCCC. The maximum Gasteiger partial charge on any atom is 0.128 e. The van der Waals surface area contributed by atoms with Crippen molar-refractivity contribution in [2.24, 2.45) is 0 Å². The zero-order valence-corrected chi connectivity index (χ0v) is 31.0. The number of unbranched alkanes of at least 4 members (excludes halogenated alkanes) is 18. The third kappa shape index (κ3) is 16.6. The Morgan fingerprint density at radius 1 is 0.617 bits per heavy atom. The molecule has 0 saturated heterocycles. The standard InChI is InChI=1S/C42H62N2O2S/c1-5-8-10-12-14-16-18-20-22-24-28-45-41-32-40(37(34-44)30-38-27-26-35(4)47-38)42(31-39(41)36(7-3)33-43)46-29-25-23-21-19-17-15-13-11-9-6-2/h7,26-27,30-32H,5-6,8-25,28-29H2,1-4H3/b36-7+,37-30+. The first-order chi connectivity index (χ1) is 23.1. The van der Waals surface area contributed by atoms with E-state index in [1.54, 1.807) is 11.3 Å². The molecule has 4 nitrogen and oxygen atoms in total. The molecule has 1 aromatic heterocycles. The lowest BCUT2D eigenvalue weighted by molar-refractivity contribution is 0.295. The van der Waals surface area contributed by atoms with Gasteiger partial charge in [-0.15, -0.1) is 11.3 Å². The molecule has 5 heteroatoms. The maximum absolute atomic E-state index is 10.3. The van der Waals surface area contributed by atoms with Gasteiger partial charge in [0.05, 0.1) is 36.5 Å². The Bertz CT molecular complexity index is 1280. The fourth-order valence-electron chi connectivity index (χ4n) is 5.89. The van der Waals surface area contributed by atoms with Crippen LogP contribution < -0.4 is 9.47 Å². The molecule has 1 heterocycles. The molecule has 0 amide bonds. The van der Waals surface area contributed by atoms with Crippen LogP contribution in [0, 0.1) is 29.6 Å². The van der Waals surface area contributed by atoms with Crippen LogP contribution >= 0.6 is 11.3 Å². The van der Waals surface area contributed by atoms with E-state index in [2.05, 4.69) is 39.0 Å². The average molecular weight is 659 g/mol. The van der Waals surface area contributed by atoms with E-state index in [0.717, 1.165) is 41.7 Å². The molecule has 0 unspecified atom stereocenters. The van der Waals surface area contributed by atoms with Gasteiger partial charge >= 0.3 is 0 Å². The fourth-order valence-corrected chi connectivity index (χ4v) is 6.71. The van der Waals surface area contributed by atoms with Gasteiger partial charge in [-0.2, -0.15) is 10.5 Å². The van der Waals surface area contributed by atoms with E-state index in [1.807, 2.05) is 37.3 Å². The minimum absolute atomic E-state index is 0.541. The summed E-state index contributed by atoms with van der Waals surface area (Å²) in [6.07, 6.45) is 29.0. The first kappa shape index (κ1) is 40.2. The molecule has 0 bridgehead atoms. The second-order valence-electron chi connectivity index (χ2n) is 12.8. The number of aryl methyl sites for hydroxylation is 1. The Morgan fingerprint density at radius 2 is 1.02 bits per heavy atom. The number of nitrogens with zero attached hydrogens (tertiary/aromatic N) is 2. The van der Waals surface area contributed by atoms with Gasteiger partial charge in [-0.25, -0.2) is 0 Å². The van der Waals surface area contributed by atoms with E-state index in [4.69, 9.17) is 9.47 Å². The van der Waals surface area contributed by atoms with Crippen LogP contribution in [0.1, 0.15) is 170 Å². The van der Waals surface area contributed by atoms with Crippen LogP contribution in [0.5, 0.6) is 11.5 Å². The lowest BCUT2D eigenvalue weighted by Gasteiger charge is -2.17. The molecule has 0 saturated carbocycles. The van der Waals surface area contributed by atoms with Crippen molar-refractivity contribution in [2.75, 3.05) is 13.2 Å². The van der Waals surface area contributed by atoms with Crippen LogP contribution in [0.15, 0.2) is 30.3 Å². The normalized spacial score (nSPS) is 11.8. The van der Waals surface area contributed by atoms with Crippen molar-refractivity contribution in [1.82, 2.24) is 0 Å². The van der Waals surface area contributed by atoms with Crippen molar-refractivity contribution in [3.05, 3.63) is 51.2 Å². The molecule has 47 heavy (non-hydrogen) atoms. The summed E-state index contributed by atoms with van der Waals surface area (Å²) in [6, 6.07) is 12.7. The summed E-state index contributed by atoms with van der Waals surface area (Å²) in [4.78, 5) is 2.23. The Balaban J connectivity index is 2.11. The lowest BCUT2D eigenvalue weighted by atomic mass is 9.98. The van der Waals surface area contributed by atoms with Gasteiger partial charge in [0.2, 0.25) is 0 Å². The van der Waals surface area contributed by atoms with Gasteiger partial charge < -0.3 is 9.47 Å². The molecular formula is C42H62N2O2S. The number of thiophene rings is 1. The monoisotopic (exact) mass is 658 g/mol. The average Bonchev–Trinajstić information content (AvgIpc) is 3.50. The molecule has 2 aromatic rings. The van der Waals surface area contributed by atoms with Crippen LogP contribution in [0.2, 0.25) is 0 Å². The summed E-state index contributed by atoms with van der Waals surface area (Å²) in [5.41, 5.74) is 2.54. The highest BCUT2D eigenvalue weighted by molar-refractivity contribution is 7.12. The quantitative estimate of drug-likeness (QED) is 0.0707. The molecule has 0 radical (unpaired) electrons. The maximum atomic E-state index is 10.3. The van der Waals surface area contributed by atoms with Gasteiger partial charge in [-0.3, -0.25) is 0 Å². The van der Waals surface area contributed by atoms with Gasteiger partial charge in [-0.05, 0) is 57.0 Å². The molecule has 2 rings (SSSR count). The summed E-state index contributed by atoms with van der Waals surface area (Å²) >= 11 is 1.67. The zero-order chi connectivity index (χ0) is 34.0. The highest BCUT2D eigenvalue weighted by Gasteiger charge is 2.18. The van der Waals surface area contributed by atoms with Crippen LogP contribution in [0.25, 0.3) is 17.2 Å². The number of nitriles is 2. The van der Waals surface area contributed by atoms with Crippen molar-refractivity contribution < 1.29 is 9.47 Å². The molecule has 258 valence electrons. The number of benzene rings is 1. The zero-order valence-electron chi connectivity index (χ0n) is 30.1. The number of ether oxygens (including phenoxy) is 2. The van der Waals surface area contributed by atoms with E-state index in [9.17, 15) is 10.5 Å². The van der Waals surface area contributed by atoms with Gasteiger partial charge in [0.25, 0.3) is 0 Å². The van der Waals surface area contributed by atoms with Crippen LogP contribution in [0.4, 0.5) is 0 Å². The van der Waals surface area contributed by atoms with E-state index < -0.39 is 0 Å². The smallest absolute Gasteiger partial charge is 0.128 e. The molecular weight excluding hydrogens is 597 g/mol. The van der Waals surface area contributed by atoms with Crippen molar-refractivity contribution in [2.45, 2.75) is 156 Å². The van der Waals surface area contributed by atoms with Gasteiger partial charge in [0.15, 0.2) is 0 Å². The molecule has 0 fully saturated rings.